The van der Waals surface area contributed by atoms with Crippen LogP contribution in [0.3, 0.4) is 0 Å². The van der Waals surface area contributed by atoms with Crippen LogP contribution in [0.4, 0.5) is 28.4 Å². The molecule has 4 rings (SSSR count). The Balaban J connectivity index is 2.00. The lowest BCUT2D eigenvalue weighted by Crippen LogP contribution is -2.18. The second-order valence-corrected chi connectivity index (χ2v) is 6.83. The fourth-order valence-corrected chi connectivity index (χ4v) is 3.65. The van der Waals surface area contributed by atoms with Gasteiger partial charge in [0.1, 0.15) is 0 Å². The van der Waals surface area contributed by atoms with Crippen molar-refractivity contribution in [3.63, 3.8) is 0 Å². The number of aromatic nitrogens is 1. The Hall–Kier alpha value is -2.68. The van der Waals surface area contributed by atoms with E-state index in [1.165, 1.54) is 45.3 Å². The molecule has 0 fully saturated rings. The second kappa shape index (κ2) is 5.99. The van der Waals surface area contributed by atoms with Gasteiger partial charge in [-0.1, -0.05) is 37.6 Å². The molecule has 0 bridgehead atoms. The van der Waals surface area contributed by atoms with E-state index in [1.54, 1.807) is 0 Å². The van der Waals surface area contributed by atoms with Crippen molar-refractivity contribution in [2.45, 2.75) is 40.5 Å². The lowest BCUT2D eigenvalue weighted by Gasteiger charge is -2.33. The zero-order chi connectivity index (χ0) is 17.6. The van der Waals surface area contributed by atoms with Crippen molar-refractivity contribution in [2.75, 3.05) is 10.2 Å². The molecular weight excluding hydrogens is 306 g/mol. The van der Waals surface area contributed by atoms with Gasteiger partial charge in [0.15, 0.2) is 0 Å². The summed E-state index contributed by atoms with van der Waals surface area (Å²) in [6, 6.07) is 15.4. The second-order valence-electron chi connectivity index (χ2n) is 6.83. The number of benzene rings is 2. The average molecular weight is 331 g/mol. The third-order valence-corrected chi connectivity index (χ3v) is 5.00. The molecule has 0 radical (unpaired) electrons. The van der Waals surface area contributed by atoms with Gasteiger partial charge in [-0.05, 0) is 56.5 Å². The molecule has 0 atom stereocenters. The topological polar surface area (TPSA) is 31.1 Å². The molecule has 0 unspecified atom stereocenters. The van der Waals surface area contributed by atoms with Crippen LogP contribution in [0.2, 0.25) is 0 Å². The van der Waals surface area contributed by atoms with Crippen molar-refractivity contribution in [2.24, 2.45) is 0 Å². The summed E-state index contributed by atoms with van der Waals surface area (Å²) in [7, 11) is 0. The van der Waals surface area contributed by atoms with E-state index in [2.05, 4.69) is 85.4 Å². The van der Waals surface area contributed by atoms with Crippen LogP contribution in [-0.2, 0) is 12.8 Å². The van der Waals surface area contributed by atoms with E-state index in [0.29, 0.717) is 0 Å². The van der Waals surface area contributed by atoms with E-state index < -0.39 is 0 Å². The summed E-state index contributed by atoms with van der Waals surface area (Å²) in [4.78, 5) is 6.05. The van der Waals surface area contributed by atoms with Crippen molar-refractivity contribution in [3.8, 4) is 0 Å². The Kier molecular flexibility index (Phi) is 3.79. The van der Waals surface area contributed by atoms with Crippen LogP contribution in [0.25, 0.3) is 0 Å². The first-order chi connectivity index (χ1) is 12.1. The van der Waals surface area contributed by atoms with Crippen LogP contribution in [0.1, 0.15) is 36.4 Å². The van der Waals surface area contributed by atoms with Crippen molar-refractivity contribution < 1.29 is 0 Å². The fraction of sp³-hybridized carbons (Fsp3) is 0.273. The SMILES string of the molecule is CCc1[nH]c(CC)c2c1Nc1ccc(C)cc1N2c1ccc(C)cc1. The summed E-state index contributed by atoms with van der Waals surface area (Å²) in [5.41, 5.74) is 11.2. The van der Waals surface area contributed by atoms with Gasteiger partial charge in [-0.2, -0.15) is 0 Å². The average Bonchev–Trinajstić information content (AvgIpc) is 2.98. The number of rotatable bonds is 3. The quantitative estimate of drug-likeness (QED) is 0.462. The van der Waals surface area contributed by atoms with E-state index >= 15 is 0 Å². The highest BCUT2D eigenvalue weighted by Gasteiger charge is 2.29. The molecule has 0 saturated heterocycles. The molecule has 2 aromatic carbocycles. The minimum atomic E-state index is 0.980. The van der Waals surface area contributed by atoms with Crippen molar-refractivity contribution in [1.82, 2.24) is 4.98 Å². The molecule has 1 aliphatic rings. The summed E-state index contributed by atoms with van der Waals surface area (Å²) in [6.07, 6.45) is 1.96. The molecule has 2 heterocycles. The van der Waals surface area contributed by atoms with Crippen molar-refractivity contribution in [1.29, 1.82) is 0 Å². The molecule has 1 aliphatic heterocycles. The van der Waals surface area contributed by atoms with Crippen LogP contribution < -0.4 is 10.2 Å². The molecule has 1 aromatic heterocycles. The Morgan fingerprint density at radius 1 is 0.840 bits per heavy atom. The Bertz CT molecular complexity index is 919. The van der Waals surface area contributed by atoms with Gasteiger partial charge in [-0.25, -0.2) is 0 Å². The lowest BCUT2D eigenvalue weighted by molar-refractivity contribution is 0.993. The first-order valence-corrected chi connectivity index (χ1v) is 9.10. The molecule has 0 saturated carbocycles. The number of hydrogen-bond acceptors (Lipinski definition) is 2. The fourth-order valence-electron chi connectivity index (χ4n) is 3.65. The smallest absolute Gasteiger partial charge is 0.0910 e. The van der Waals surface area contributed by atoms with E-state index in [9.17, 15) is 0 Å². The van der Waals surface area contributed by atoms with Crippen LogP contribution in [0, 0.1) is 13.8 Å². The highest BCUT2D eigenvalue weighted by atomic mass is 15.2. The third-order valence-electron chi connectivity index (χ3n) is 5.00. The summed E-state index contributed by atoms with van der Waals surface area (Å²) >= 11 is 0. The van der Waals surface area contributed by atoms with Crippen LogP contribution in [0.5, 0.6) is 0 Å². The molecular formula is C22H25N3. The van der Waals surface area contributed by atoms with E-state index in [4.69, 9.17) is 0 Å². The normalized spacial score (nSPS) is 12.6. The largest absolute Gasteiger partial charge is 0.359 e. The van der Waals surface area contributed by atoms with Crippen LogP contribution in [0.15, 0.2) is 42.5 Å². The highest BCUT2D eigenvalue weighted by molar-refractivity contribution is 5.99. The summed E-state index contributed by atoms with van der Waals surface area (Å²) < 4.78 is 0. The molecule has 0 aliphatic carbocycles. The van der Waals surface area contributed by atoms with Gasteiger partial charge in [0, 0.05) is 17.1 Å². The number of nitrogens with zero attached hydrogens (tertiary/aromatic N) is 1. The Labute approximate surface area is 149 Å². The minimum Gasteiger partial charge on any atom is -0.359 e. The number of H-pyrrole nitrogens is 1. The summed E-state index contributed by atoms with van der Waals surface area (Å²) in [6.45, 7) is 8.70. The standard InChI is InChI=1S/C22H25N3/c1-5-17-21-22(18(6-2)23-17)25(16-10-7-14(3)8-11-16)20-13-15(4)9-12-19(20)24-21/h7-13,23-24H,5-6H2,1-4H3. The molecule has 3 aromatic rings. The Morgan fingerprint density at radius 3 is 2.20 bits per heavy atom. The zero-order valence-corrected chi connectivity index (χ0v) is 15.4. The number of aryl methyl sites for hydroxylation is 4. The lowest BCUT2D eigenvalue weighted by atomic mass is 10.1. The van der Waals surface area contributed by atoms with Crippen LogP contribution in [-0.4, -0.2) is 4.98 Å². The van der Waals surface area contributed by atoms with E-state index in [-0.39, 0.29) is 0 Å². The maximum absolute atomic E-state index is 3.68. The molecule has 3 nitrogen and oxygen atoms in total. The predicted octanol–water partition coefficient (Wildman–Crippen LogP) is 6.28. The number of anilines is 5. The van der Waals surface area contributed by atoms with E-state index in [0.717, 1.165) is 18.5 Å². The monoisotopic (exact) mass is 331 g/mol. The van der Waals surface area contributed by atoms with Gasteiger partial charge >= 0.3 is 0 Å². The predicted molar refractivity (Wildman–Crippen MR) is 107 cm³/mol. The van der Waals surface area contributed by atoms with Gasteiger partial charge in [-0.3, -0.25) is 0 Å². The van der Waals surface area contributed by atoms with Crippen molar-refractivity contribution >= 4 is 28.4 Å². The van der Waals surface area contributed by atoms with Crippen LogP contribution >= 0.6 is 0 Å². The third kappa shape index (κ3) is 2.51. The molecule has 25 heavy (non-hydrogen) atoms. The van der Waals surface area contributed by atoms with Gasteiger partial charge in [-0.15, -0.1) is 0 Å². The van der Waals surface area contributed by atoms with Gasteiger partial charge in [0.25, 0.3) is 0 Å². The summed E-state index contributed by atoms with van der Waals surface area (Å²) in [5, 5.41) is 3.68. The van der Waals surface area contributed by atoms with E-state index in [1.807, 2.05) is 0 Å². The summed E-state index contributed by atoms with van der Waals surface area (Å²) in [5.74, 6) is 0. The molecule has 0 spiro atoms. The first kappa shape index (κ1) is 15.8. The molecule has 2 N–H and O–H groups in total. The number of hydrogen-bond donors (Lipinski definition) is 2. The van der Waals surface area contributed by atoms with Gasteiger partial charge in [0.2, 0.25) is 0 Å². The maximum atomic E-state index is 3.68. The zero-order valence-electron chi connectivity index (χ0n) is 15.4. The van der Waals surface area contributed by atoms with Gasteiger partial charge in [0.05, 0.1) is 22.7 Å². The number of nitrogens with one attached hydrogen (secondary N) is 2. The highest BCUT2D eigenvalue weighted by Crippen LogP contribution is 2.51. The minimum absolute atomic E-state index is 0.980. The Morgan fingerprint density at radius 2 is 1.52 bits per heavy atom. The molecule has 128 valence electrons. The molecule has 3 heteroatoms. The van der Waals surface area contributed by atoms with Gasteiger partial charge < -0.3 is 15.2 Å². The first-order valence-electron chi connectivity index (χ1n) is 9.10. The molecule has 0 amide bonds. The maximum Gasteiger partial charge on any atom is 0.0910 e. The number of fused-ring (bicyclic) bond motifs is 2. The van der Waals surface area contributed by atoms with Crippen molar-refractivity contribution in [3.05, 3.63) is 65.0 Å². The number of aromatic amines is 1.